The van der Waals surface area contributed by atoms with Crippen molar-refractivity contribution >= 4 is 23.5 Å². The number of carbonyl (C=O) groups excluding carboxylic acids is 2. The Kier molecular flexibility index (Phi) is 4.99. The normalized spacial score (nSPS) is 18.9. The van der Waals surface area contributed by atoms with E-state index in [1.54, 1.807) is 36.4 Å². The number of benzene rings is 3. The number of Topliss-reactive ketones (excluding diaryl/α,β-unsaturated/α-hetero) is 1. The van der Waals surface area contributed by atoms with E-state index >= 15 is 0 Å². The Bertz CT molecular complexity index is 1220. The molecule has 32 heavy (non-hydrogen) atoms. The van der Waals surface area contributed by atoms with Crippen molar-refractivity contribution in [3.8, 4) is 11.5 Å². The van der Waals surface area contributed by atoms with Crippen LogP contribution in [0.2, 0.25) is 0 Å². The standard InChI is InChI=1S/C26H21NO5/c28-22(19-12-13-23-24(15-19)32-17-31-23)16-26(30)20-10-4-5-11-21(20)27(25(26)29)14-6-9-18-7-2-1-3-8-18/h1-13,15,30H,14,16-17H2/b9-6+. The number of amides is 1. The molecule has 1 amide bonds. The van der Waals surface area contributed by atoms with Crippen LogP contribution < -0.4 is 14.4 Å². The number of para-hydroxylation sites is 1. The Hall–Kier alpha value is -3.90. The molecule has 5 rings (SSSR count). The first-order valence-corrected chi connectivity index (χ1v) is 10.3. The van der Waals surface area contributed by atoms with Crippen molar-refractivity contribution in [3.05, 3.63) is 95.6 Å². The largest absolute Gasteiger partial charge is 0.454 e. The lowest BCUT2D eigenvalue weighted by Crippen LogP contribution is -2.42. The summed E-state index contributed by atoms with van der Waals surface area (Å²) in [5, 5.41) is 11.4. The van der Waals surface area contributed by atoms with Crippen molar-refractivity contribution in [3.63, 3.8) is 0 Å². The maximum absolute atomic E-state index is 13.3. The number of aliphatic hydroxyl groups is 1. The molecular formula is C26H21NO5. The smallest absolute Gasteiger partial charge is 0.264 e. The fourth-order valence-electron chi connectivity index (χ4n) is 4.12. The van der Waals surface area contributed by atoms with Crippen LogP contribution in [0, 0.1) is 0 Å². The van der Waals surface area contributed by atoms with Crippen molar-refractivity contribution in [1.29, 1.82) is 0 Å². The van der Waals surface area contributed by atoms with Crippen molar-refractivity contribution in [2.75, 3.05) is 18.2 Å². The van der Waals surface area contributed by atoms with Gasteiger partial charge in [-0.05, 0) is 29.8 Å². The Labute approximate surface area is 185 Å². The number of anilines is 1. The molecule has 1 atom stereocenters. The molecule has 0 bridgehead atoms. The van der Waals surface area contributed by atoms with Crippen molar-refractivity contribution < 1.29 is 24.2 Å². The third-order valence-electron chi connectivity index (χ3n) is 5.75. The molecule has 2 aliphatic rings. The van der Waals surface area contributed by atoms with Gasteiger partial charge in [-0.1, -0.05) is 60.7 Å². The van der Waals surface area contributed by atoms with E-state index in [-0.39, 0.29) is 25.5 Å². The van der Waals surface area contributed by atoms with E-state index in [2.05, 4.69) is 0 Å². The molecule has 0 aliphatic carbocycles. The molecule has 2 heterocycles. The van der Waals surface area contributed by atoms with Gasteiger partial charge < -0.3 is 19.5 Å². The molecule has 1 N–H and O–H groups in total. The predicted molar refractivity (Wildman–Crippen MR) is 120 cm³/mol. The van der Waals surface area contributed by atoms with Gasteiger partial charge in [0.1, 0.15) is 0 Å². The number of carbonyl (C=O) groups is 2. The van der Waals surface area contributed by atoms with Gasteiger partial charge in [-0.25, -0.2) is 0 Å². The minimum absolute atomic E-state index is 0.105. The molecule has 6 heteroatoms. The highest BCUT2D eigenvalue weighted by molar-refractivity contribution is 6.11. The lowest BCUT2D eigenvalue weighted by atomic mass is 9.88. The van der Waals surface area contributed by atoms with Crippen LogP contribution in [0.4, 0.5) is 5.69 Å². The van der Waals surface area contributed by atoms with Gasteiger partial charge in [0, 0.05) is 17.7 Å². The van der Waals surface area contributed by atoms with Crippen LogP contribution >= 0.6 is 0 Å². The van der Waals surface area contributed by atoms with Gasteiger partial charge in [0.05, 0.1) is 12.1 Å². The van der Waals surface area contributed by atoms with Crippen molar-refractivity contribution in [2.24, 2.45) is 0 Å². The number of ether oxygens (including phenoxy) is 2. The van der Waals surface area contributed by atoms with Crippen LogP contribution in [-0.2, 0) is 10.4 Å². The number of fused-ring (bicyclic) bond motifs is 2. The minimum Gasteiger partial charge on any atom is -0.454 e. The molecule has 3 aromatic rings. The second kappa shape index (κ2) is 7.98. The maximum atomic E-state index is 13.3. The van der Waals surface area contributed by atoms with E-state index < -0.39 is 11.5 Å². The lowest BCUT2D eigenvalue weighted by molar-refractivity contribution is -0.135. The SMILES string of the molecule is O=C(CC1(O)C(=O)N(C/C=C/c2ccccc2)c2ccccc21)c1ccc2c(c1)OCO2. The third kappa shape index (κ3) is 3.44. The summed E-state index contributed by atoms with van der Waals surface area (Å²) in [6.45, 7) is 0.388. The zero-order valence-corrected chi connectivity index (χ0v) is 17.2. The van der Waals surface area contributed by atoms with Crippen LogP contribution in [0.3, 0.4) is 0 Å². The molecule has 0 radical (unpaired) electrons. The monoisotopic (exact) mass is 427 g/mol. The van der Waals surface area contributed by atoms with E-state index in [1.807, 2.05) is 48.6 Å². The zero-order valence-electron chi connectivity index (χ0n) is 17.2. The fraction of sp³-hybridized carbons (Fsp3) is 0.154. The maximum Gasteiger partial charge on any atom is 0.264 e. The zero-order chi connectivity index (χ0) is 22.1. The van der Waals surface area contributed by atoms with Gasteiger partial charge in [0.15, 0.2) is 22.9 Å². The molecule has 160 valence electrons. The van der Waals surface area contributed by atoms with E-state index in [0.717, 1.165) is 5.56 Å². The average molecular weight is 427 g/mol. The van der Waals surface area contributed by atoms with Crippen molar-refractivity contribution in [1.82, 2.24) is 0 Å². The number of ketones is 1. The van der Waals surface area contributed by atoms with Crippen LogP contribution in [0.25, 0.3) is 6.08 Å². The summed E-state index contributed by atoms with van der Waals surface area (Å²) in [7, 11) is 0. The van der Waals surface area contributed by atoms with Crippen LogP contribution in [0.1, 0.15) is 27.9 Å². The highest BCUT2D eigenvalue weighted by atomic mass is 16.7. The highest BCUT2D eigenvalue weighted by Gasteiger charge is 2.50. The quantitative estimate of drug-likeness (QED) is 0.603. The summed E-state index contributed by atoms with van der Waals surface area (Å²) >= 11 is 0. The Morgan fingerprint density at radius 2 is 1.75 bits per heavy atom. The predicted octanol–water partition coefficient (Wildman–Crippen LogP) is 3.94. The molecule has 0 spiro atoms. The van der Waals surface area contributed by atoms with E-state index in [1.165, 1.54) is 4.90 Å². The van der Waals surface area contributed by atoms with Crippen LogP contribution in [0.15, 0.2) is 78.9 Å². The van der Waals surface area contributed by atoms with Gasteiger partial charge in [0.2, 0.25) is 6.79 Å². The molecule has 0 saturated carbocycles. The molecule has 1 unspecified atom stereocenters. The third-order valence-corrected chi connectivity index (χ3v) is 5.75. The Balaban J connectivity index is 1.40. The molecule has 0 aromatic heterocycles. The molecule has 0 fully saturated rings. The van der Waals surface area contributed by atoms with Gasteiger partial charge in [0.25, 0.3) is 5.91 Å². The molecule has 2 aliphatic heterocycles. The summed E-state index contributed by atoms with van der Waals surface area (Å²) in [5.74, 6) is 0.189. The number of hydrogen-bond acceptors (Lipinski definition) is 5. The molecular weight excluding hydrogens is 406 g/mol. The molecule has 6 nitrogen and oxygen atoms in total. The second-order valence-corrected chi connectivity index (χ2v) is 7.77. The van der Waals surface area contributed by atoms with E-state index in [0.29, 0.717) is 28.3 Å². The first-order chi connectivity index (χ1) is 15.6. The molecule has 3 aromatic carbocycles. The van der Waals surface area contributed by atoms with E-state index in [9.17, 15) is 14.7 Å². The van der Waals surface area contributed by atoms with Gasteiger partial charge in [-0.15, -0.1) is 0 Å². The highest BCUT2D eigenvalue weighted by Crippen LogP contribution is 2.43. The average Bonchev–Trinajstić information content (AvgIpc) is 3.37. The lowest BCUT2D eigenvalue weighted by Gasteiger charge is -2.22. The number of rotatable bonds is 6. The Morgan fingerprint density at radius 1 is 1.00 bits per heavy atom. The van der Waals surface area contributed by atoms with Crippen LogP contribution in [-0.4, -0.2) is 30.1 Å². The summed E-state index contributed by atoms with van der Waals surface area (Å²) in [6, 6.07) is 21.7. The summed E-state index contributed by atoms with van der Waals surface area (Å²) in [4.78, 5) is 27.9. The summed E-state index contributed by atoms with van der Waals surface area (Å²) in [5.41, 5.74) is 0.490. The Morgan fingerprint density at radius 3 is 2.59 bits per heavy atom. The minimum atomic E-state index is -1.93. The van der Waals surface area contributed by atoms with Crippen molar-refractivity contribution in [2.45, 2.75) is 12.0 Å². The van der Waals surface area contributed by atoms with Gasteiger partial charge >= 0.3 is 0 Å². The van der Waals surface area contributed by atoms with Gasteiger partial charge in [-0.2, -0.15) is 0 Å². The topological polar surface area (TPSA) is 76.1 Å². The first-order valence-electron chi connectivity index (χ1n) is 10.3. The summed E-state index contributed by atoms with van der Waals surface area (Å²) in [6.07, 6.45) is 3.43. The van der Waals surface area contributed by atoms with E-state index in [4.69, 9.17) is 9.47 Å². The molecule has 0 saturated heterocycles. The number of hydrogen-bond donors (Lipinski definition) is 1. The summed E-state index contributed by atoms with van der Waals surface area (Å²) < 4.78 is 10.6. The second-order valence-electron chi connectivity index (χ2n) is 7.77. The van der Waals surface area contributed by atoms with Gasteiger partial charge in [-0.3, -0.25) is 9.59 Å². The number of nitrogens with zero attached hydrogens (tertiary/aromatic N) is 1. The van der Waals surface area contributed by atoms with Crippen LogP contribution in [0.5, 0.6) is 11.5 Å². The fourth-order valence-corrected chi connectivity index (χ4v) is 4.12. The first kappa shape index (κ1) is 20.0.